The molecule has 0 aliphatic carbocycles. The fourth-order valence-corrected chi connectivity index (χ4v) is 2.07. The number of pyridine rings is 1. The highest BCUT2D eigenvalue weighted by Gasteiger charge is 2.28. The summed E-state index contributed by atoms with van der Waals surface area (Å²) in [6.45, 7) is -0.822. The van der Waals surface area contributed by atoms with E-state index < -0.39 is 18.7 Å². The molecule has 1 amide bonds. The normalized spacial score (nSPS) is 11.1. The van der Waals surface area contributed by atoms with Crippen LogP contribution in [0.4, 0.5) is 13.2 Å². The molecule has 1 heterocycles. The summed E-state index contributed by atoms with van der Waals surface area (Å²) in [4.78, 5) is 16.6. The van der Waals surface area contributed by atoms with E-state index in [-0.39, 0.29) is 30.2 Å². The lowest BCUT2D eigenvalue weighted by Gasteiger charge is -2.14. The Hall–Kier alpha value is -2.81. The highest BCUT2D eigenvalue weighted by molar-refractivity contribution is 5.97. The van der Waals surface area contributed by atoms with Gasteiger partial charge in [-0.1, -0.05) is 6.07 Å². The number of nitrogens with one attached hydrogen (secondary N) is 1. The first-order chi connectivity index (χ1) is 12.9. The number of aromatic nitrogens is 1. The molecule has 1 aromatic carbocycles. The number of halogens is 3. The van der Waals surface area contributed by atoms with Crippen LogP contribution in [0, 0.1) is 0 Å². The minimum Gasteiger partial charge on any atom is -0.490 e. The average molecular weight is 384 g/mol. The highest BCUT2D eigenvalue weighted by atomic mass is 19.4. The van der Waals surface area contributed by atoms with E-state index in [1.165, 1.54) is 25.3 Å². The maximum atomic E-state index is 12.5. The van der Waals surface area contributed by atoms with Gasteiger partial charge < -0.3 is 19.5 Å². The summed E-state index contributed by atoms with van der Waals surface area (Å²) < 4.78 is 52.1. The maximum Gasteiger partial charge on any atom is 0.422 e. The van der Waals surface area contributed by atoms with Crippen molar-refractivity contribution < 1.29 is 32.2 Å². The third-order valence-corrected chi connectivity index (χ3v) is 3.30. The molecule has 1 N–H and O–H groups in total. The number of amides is 1. The minimum atomic E-state index is -4.48. The quantitative estimate of drug-likeness (QED) is 0.673. The molecule has 0 aliphatic heterocycles. The second kappa shape index (κ2) is 9.77. The second-order valence-electron chi connectivity index (χ2n) is 5.41. The van der Waals surface area contributed by atoms with Crippen LogP contribution in [0.5, 0.6) is 11.5 Å². The number of carbonyl (C=O) groups is 1. The number of rotatable bonds is 9. The molecule has 27 heavy (non-hydrogen) atoms. The van der Waals surface area contributed by atoms with Crippen LogP contribution in [0.2, 0.25) is 0 Å². The van der Waals surface area contributed by atoms with Gasteiger partial charge in [0.15, 0.2) is 6.61 Å². The van der Waals surface area contributed by atoms with Gasteiger partial charge in [0.05, 0.1) is 24.4 Å². The topological polar surface area (TPSA) is 69.7 Å². The van der Waals surface area contributed by atoms with Crippen LogP contribution in [-0.2, 0) is 11.3 Å². The molecule has 146 valence electrons. The first-order valence-corrected chi connectivity index (χ1v) is 8.02. The predicted octanol–water partition coefficient (Wildman–Crippen LogP) is 2.98. The van der Waals surface area contributed by atoms with Crippen molar-refractivity contribution in [3.63, 3.8) is 0 Å². The largest absolute Gasteiger partial charge is 0.490 e. The van der Waals surface area contributed by atoms with Crippen molar-refractivity contribution in [3.05, 3.63) is 53.9 Å². The number of nitrogens with zero attached hydrogens (tertiary/aromatic N) is 1. The van der Waals surface area contributed by atoms with Gasteiger partial charge in [-0.3, -0.25) is 9.78 Å². The zero-order chi connectivity index (χ0) is 19.7. The number of ether oxygens (including phenoxy) is 3. The highest BCUT2D eigenvalue weighted by Crippen LogP contribution is 2.26. The summed E-state index contributed by atoms with van der Waals surface area (Å²) in [5, 5.41) is 2.66. The lowest BCUT2D eigenvalue weighted by Crippen LogP contribution is -2.24. The molecule has 0 unspecified atom stereocenters. The molecule has 2 aromatic rings. The van der Waals surface area contributed by atoms with Crippen LogP contribution in [-0.4, -0.2) is 44.0 Å². The van der Waals surface area contributed by atoms with Gasteiger partial charge in [0.2, 0.25) is 0 Å². The van der Waals surface area contributed by atoms with E-state index >= 15 is 0 Å². The van der Waals surface area contributed by atoms with Gasteiger partial charge in [0.1, 0.15) is 18.1 Å². The Morgan fingerprint density at radius 1 is 1.15 bits per heavy atom. The summed E-state index contributed by atoms with van der Waals surface area (Å²) >= 11 is 0. The third kappa shape index (κ3) is 7.14. The fraction of sp³-hybridized carbons (Fsp3) is 0.333. The van der Waals surface area contributed by atoms with Gasteiger partial charge in [-0.2, -0.15) is 13.2 Å². The van der Waals surface area contributed by atoms with E-state index in [0.717, 1.165) is 0 Å². The van der Waals surface area contributed by atoms with Crippen molar-refractivity contribution in [1.29, 1.82) is 0 Å². The van der Waals surface area contributed by atoms with Crippen LogP contribution >= 0.6 is 0 Å². The van der Waals surface area contributed by atoms with Crippen molar-refractivity contribution in [1.82, 2.24) is 10.3 Å². The molecule has 0 fully saturated rings. The molecule has 0 bridgehead atoms. The van der Waals surface area contributed by atoms with Gasteiger partial charge in [-0.05, 0) is 30.3 Å². The molecule has 0 spiro atoms. The average Bonchev–Trinajstić information content (AvgIpc) is 2.65. The SMILES string of the molecule is COCCOc1ccc(OCC(F)(F)F)cc1C(=O)NCc1ccccn1. The van der Waals surface area contributed by atoms with Gasteiger partial charge >= 0.3 is 6.18 Å². The number of benzene rings is 1. The molecule has 0 atom stereocenters. The van der Waals surface area contributed by atoms with Crippen molar-refractivity contribution in [3.8, 4) is 11.5 Å². The van der Waals surface area contributed by atoms with E-state index in [4.69, 9.17) is 14.2 Å². The maximum absolute atomic E-state index is 12.5. The summed E-state index contributed by atoms with van der Waals surface area (Å²) in [6.07, 6.45) is -2.89. The van der Waals surface area contributed by atoms with Crippen molar-refractivity contribution in [2.45, 2.75) is 12.7 Å². The molecule has 1 aromatic heterocycles. The van der Waals surface area contributed by atoms with Crippen molar-refractivity contribution in [2.75, 3.05) is 26.9 Å². The smallest absolute Gasteiger partial charge is 0.422 e. The summed E-state index contributed by atoms with van der Waals surface area (Å²) in [6, 6.07) is 9.16. The van der Waals surface area contributed by atoms with Gasteiger partial charge in [-0.25, -0.2) is 0 Å². The van der Waals surface area contributed by atoms with Gasteiger partial charge in [-0.15, -0.1) is 0 Å². The van der Waals surface area contributed by atoms with E-state index in [0.29, 0.717) is 12.3 Å². The Morgan fingerprint density at radius 2 is 1.96 bits per heavy atom. The first kappa shape index (κ1) is 20.5. The molecule has 0 radical (unpaired) electrons. The van der Waals surface area contributed by atoms with Crippen molar-refractivity contribution in [2.24, 2.45) is 0 Å². The standard InChI is InChI=1S/C18H19F3N2O4/c1-25-8-9-26-16-6-5-14(27-12-18(19,20)21)10-15(16)17(24)23-11-13-4-2-3-7-22-13/h2-7,10H,8-9,11-12H2,1H3,(H,23,24). The van der Waals surface area contributed by atoms with E-state index in [2.05, 4.69) is 10.3 Å². The molecule has 0 aliphatic rings. The monoisotopic (exact) mass is 384 g/mol. The Bertz CT molecular complexity index is 739. The number of alkyl halides is 3. The Balaban J connectivity index is 2.13. The van der Waals surface area contributed by atoms with Gasteiger partial charge in [0, 0.05) is 13.3 Å². The summed E-state index contributed by atoms with van der Waals surface area (Å²) in [7, 11) is 1.50. The van der Waals surface area contributed by atoms with Crippen LogP contribution in [0.25, 0.3) is 0 Å². The Kier molecular flexibility index (Phi) is 7.42. The first-order valence-electron chi connectivity index (χ1n) is 8.02. The van der Waals surface area contributed by atoms with Gasteiger partial charge in [0.25, 0.3) is 5.91 Å². The van der Waals surface area contributed by atoms with E-state index in [9.17, 15) is 18.0 Å². The molecular weight excluding hydrogens is 365 g/mol. The fourth-order valence-electron chi connectivity index (χ4n) is 2.07. The zero-order valence-corrected chi connectivity index (χ0v) is 14.6. The van der Waals surface area contributed by atoms with Crippen LogP contribution in [0.1, 0.15) is 16.1 Å². The molecule has 2 rings (SSSR count). The summed E-state index contributed by atoms with van der Waals surface area (Å²) in [5.41, 5.74) is 0.693. The number of carbonyl (C=O) groups excluding carboxylic acids is 1. The number of hydrogen-bond acceptors (Lipinski definition) is 5. The summed E-state index contributed by atoms with van der Waals surface area (Å²) in [5.74, 6) is -0.398. The van der Waals surface area contributed by atoms with Crippen molar-refractivity contribution >= 4 is 5.91 Å². The zero-order valence-electron chi connectivity index (χ0n) is 14.6. The minimum absolute atomic E-state index is 0.0571. The molecule has 6 nitrogen and oxygen atoms in total. The Labute approximate surface area is 154 Å². The molecule has 0 saturated heterocycles. The number of hydrogen-bond donors (Lipinski definition) is 1. The van der Waals surface area contributed by atoms with Crippen LogP contribution in [0.3, 0.4) is 0 Å². The van der Waals surface area contributed by atoms with Crippen LogP contribution in [0.15, 0.2) is 42.6 Å². The van der Waals surface area contributed by atoms with Crippen LogP contribution < -0.4 is 14.8 Å². The molecule has 9 heteroatoms. The van der Waals surface area contributed by atoms with E-state index in [1.807, 2.05) is 0 Å². The Morgan fingerprint density at radius 3 is 2.63 bits per heavy atom. The van der Waals surface area contributed by atoms with E-state index in [1.54, 1.807) is 24.4 Å². The lowest BCUT2D eigenvalue weighted by atomic mass is 10.1. The molecule has 0 saturated carbocycles. The predicted molar refractivity (Wildman–Crippen MR) is 90.8 cm³/mol. The number of methoxy groups -OCH3 is 1. The third-order valence-electron chi connectivity index (χ3n) is 3.30. The lowest BCUT2D eigenvalue weighted by molar-refractivity contribution is -0.153. The second-order valence-corrected chi connectivity index (χ2v) is 5.41. The molecular formula is C18H19F3N2O4.